The summed E-state index contributed by atoms with van der Waals surface area (Å²) in [5, 5.41) is 3.85. The third-order valence-corrected chi connectivity index (χ3v) is 4.45. The first-order valence-electron chi connectivity index (χ1n) is 7.48. The van der Waals surface area contributed by atoms with E-state index >= 15 is 0 Å². The van der Waals surface area contributed by atoms with Crippen LogP contribution in [-0.4, -0.2) is 27.4 Å². The molecule has 0 aliphatic carbocycles. The van der Waals surface area contributed by atoms with Crippen LogP contribution < -0.4 is 11.1 Å². The van der Waals surface area contributed by atoms with Gasteiger partial charge >= 0.3 is 0 Å². The van der Waals surface area contributed by atoms with Gasteiger partial charge in [0.25, 0.3) is 5.91 Å². The van der Waals surface area contributed by atoms with E-state index in [1.807, 2.05) is 18.3 Å². The number of aromatic amines is 1. The van der Waals surface area contributed by atoms with Gasteiger partial charge in [0, 0.05) is 40.9 Å². The molecule has 1 aliphatic rings. The lowest BCUT2D eigenvalue weighted by atomic mass is 9.78. The largest absolute Gasteiger partial charge is 0.368 e. The molecule has 6 heteroatoms. The van der Waals surface area contributed by atoms with Crippen LogP contribution in [0.1, 0.15) is 29.8 Å². The number of rotatable bonds is 1. The van der Waals surface area contributed by atoms with Crippen molar-refractivity contribution < 1.29 is 4.79 Å². The molecule has 1 aromatic carbocycles. The molecule has 0 unspecified atom stereocenters. The summed E-state index contributed by atoms with van der Waals surface area (Å²) in [6.07, 6.45) is 3.62. The molecule has 1 aliphatic heterocycles. The van der Waals surface area contributed by atoms with E-state index in [2.05, 4.69) is 40.2 Å². The van der Waals surface area contributed by atoms with Gasteiger partial charge in [-0.15, -0.1) is 0 Å². The maximum absolute atomic E-state index is 12.1. The highest BCUT2D eigenvalue weighted by Crippen LogP contribution is 2.35. The minimum Gasteiger partial charge on any atom is -0.368 e. The predicted molar refractivity (Wildman–Crippen MR) is 89.1 cm³/mol. The van der Waals surface area contributed by atoms with Crippen molar-refractivity contribution in [2.75, 3.05) is 12.3 Å². The van der Waals surface area contributed by atoms with E-state index in [1.54, 1.807) is 6.20 Å². The SMILES string of the molecule is CC1(C)CNC(=O)c2ccc(-c3c[nH]c4nc(N)ncc34)cc21. The topological polar surface area (TPSA) is 96.7 Å². The molecule has 3 aromatic rings. The summed E-state index contributed by atoms with van der Waals surface area (Å²) < 4.78 is 0. The summed E-state index contributed by atoms with van der Waals surface area (Å²) in [7, 11) is 0. The number of H-pyrrole nitrogens is 1. The summed E-state index contributed by atoms with van der Waals surface area (Å²) in [4.78, 5) is 23.5. The summed E-state index contributed by atoms with van der Waals surface area (Å²) in [6.45, 7) is 4.90. The number of carbonyl (C=O) groups excluding carboxylic acids is 1. The van der Waals surface area contributed by atoms with Crippen molar-refractivity contribution in [2.45, 2.75) is 19.3 Å². The first kappa shape index (κ1) is 13.8. The number of nitrogens with two attached hydrogens (primary N) is 1. The van der Waals surface area contributed by atoms with E-state index < -0.39 is 0 Å². The normalized spacial score (nSPS) is 16.2. The van der Waals surface area contributed by atoms with Gasteiger partial charge < -0.3 is 16.0 Å². The molecule has 1 amide bonds. The zero-order valence-corrected chi connectivity index (χ0v) is 13.0. The maximum Gasteiger partial charge on any atom is 0.251 e. The van der Waals surface area contributed by atoms with Gasteiger partial charge in [-0.3, -0.25) is 4.79 Å². The fourth-order valence-electron chi connectivity index (χ4n) is 3.12. The number of anilines is 1. The number of nitrogen functional groups attached to an aromatic ring is 1. The highest BCUT2D eigenvalue weighted by Gasteiger charge is 2.31. The molecule has 0 fully saturated rings. The van der Waals surface area contributed by atoms with Gasteiger partial charge in [0.15, 0.2) is 0 Å². The highest BCUT2D eigenvalue weighted by atomic mass is 16.1. The van der Waals surface area contributed by atoms with Crippen molar-refractivity contribution in [2.24, 2.45) is 0 Å². The second-order valence-electron chi connectivity index (χ2n) is 6.52. The van der Waals surface area contributed by atoms with Crippen LogP contribution in [0, 0.1) is 0 Å². The third kappa shape index (κ3) is 2.06. The number of hydrogen-bond donors (Lipinski definition) is 3. The second-order valence-corrected chi connectivity index (χ2v) is 6.52. The average molecular weight is 307 g/mol. The van der Waals surface area contributed by atoms with E-state index in [-0.39, 0.29) is 17.3 Å². The second kappa shape index (κ2) is 4.55. The lowest BCUT2D eigenvalue weighted by Crippen LogP contribution is -2.43. The lowest BCUT2D eigenvalue weighted by Gasteiger charge is -2.32. The van der Waals surface area contributed by atoms with Crippen LogP contribution in [0.4, 0.5) is 5.95 Å². The molecule has 0 bridgehead atoms. The number of aromatic nitrogens is 3. The molecule has 0 saturated heterocycles. The van der Waals surface area contributed by atoms with Crippen LogP contribution in [0.3, 0.4) is 0 Å². The molecule has 4 N–H and O–H groups in total. The predicted octanol–water partition coefficient (Wildman–Crippen LogP) is 2.23. The van der Waals surface area contributed by atoms with Crippen molar-refractivity contribution in [1.29, 1.82) is 0 Å². The molecule has 0 atom stereocenters. The van der Waals surface area contributed by atoms with Gasteiger partial charge in [0.1, 0.15) is 5.65 Å². The smallest absolute Gasteiger partial charge is 0.251 e. The number of carbonyl (C=O) groups is 1. The zero-order chi connectivity index (χ0) is 16.2. The Hall–Kier alpha value is -2.89. The number of fused-ring (bicyclic) bond motifs is 2. The van der Waals surface area contributed by atoms with E-state index in [0.29, 0.717) is 12.2 Å². The first-order valence-corrected chi connectivity index (χ1v) is 7.48. The van der Waals surface area contributed by atoms with Gasteiger partial charge in [0.2, 0.25) is 5.95 Å². The van der Waals surface area contributed by atoms with Crippen LogP contribution in [0.25, 0.3) is 22.2 Å². The highest BCUT2D eigenvalue weighted by molar-refractivity contribution is 5.99. The maximum atomic E-state index is 12.1. The van der Waals surface area contributed by atoms with Crippen LogP contribution in [0.5, 0.6) is 0 Å². The number of hydrogen-bond acceptors (Lipinski definition) is 4. The van der Waals surface area contributed by atoms with Crippen LogP contribution in [0.2, 0.25) is 0 Å². The Bertz CT molecular complexity index is 941. The summed E-state index contributed by atoms with van der Waals surface area (Å²) in [5.41, 5.74) is 10.1. The van der Waals surface area contributed by atoms with Crippen LogP contribution in [-0.2, 0) is 5.41 Å². The Morgan fingerprint density at radius 1 is 1.26 bits per heavy atom. The minimum absolute atomic E-state index is 0.0130. The molecule has 0 spiro atoms. The molecule has 6 nitrogen and oxygen atoms in total. The summed E-state index contributed by atoms with van der Waals surface area (Å²) in [6, 6.07) is 5.93. The molecular weight excluding hydrogens is 290 g/mol. The van der Waals surface area contributed by atoms with E-state index in [9.17, 15) is 4.79 Å². The number of benzene rings is 1. The molecule has 3 heterocycles. The van der Waals surface area contributed by atoms with E-state index in [4.69, 9.17) is 5.73 Å². The van der Waals surface area contributed by atoms with E-state index in [0.717, 1.165) is 27.6 Å². The number of amides is 1. The lowest BCUT2D eigenvalue weighted by molar-refractivity contribution is 0.0930. The van der Waals surface area contributed by atoms with Crippen molar-refractivity contribution in [3.8, 4) is 11.1 Å². The Kier molecular flexibility index (Phi) is 2.72. The number of nitrogens with one attached hydrogen (secondary N) is 2. The Morgan fingerprint density at radius 2 is 2.09 bits per heavy atom. The van der Waals surface area contributed by atoms with Crippen molar-refractivity contribution in [3.05, 3.63) is 41.7 Å². The quantitative estimate of drug-likeness (QED) is 0.642. The monoisotopic (exact) mass is 307 g/mol. The van der Waals surface area contributed by atoms with Crippen molar-refractivity contribution in [1.82, 2.24) is 20.3 Å². The summed E-state index contributed by atoms with van der Waals surface area (Å²) in [5.74, 6) is 0.232. The molecule has 116 valence electrons. The number of nitrogens with zero attached hydrogens (tertiary/aromatic N) is 2. The molecule has 0 radical (unpaired) electrons. The first-order chi connectivity index (χ1) is 11.0. The van der Waals surface area contributed by atoms with E-state index in [1.165, 1.54) is 0 Å². The third-order valence-electron chi connectivity index (χ3n) is 4.45. The van der Waals surface area contributed by atoms with Gasteiger partial charge in [-0.2, -0.15) is 4.98 Å². The molecule has 2 aromatic heterocycles. The minimum atomic E-state index is -0.105. The van der Waals surface area contributed by atoms with Gasteiger partial charge in [-0.25, -0.2) is 4.98 Å². The zero-order valence-electron chi connectivity index (χ0n) is 13.0. The molecular formula is C17H17N5O. The molecule has 4 rings (SSSR count). The summed E-state index contributed by atoms with van der Waals surface area (Å²) >= 11 is 0. The standard InChI is InChI=1S/C17H17N5O/c1-17(2)8-21-15(23)10-4-3-9(5-13(10)17)11-6-19-14-12(11)7-20-16(18)22-14/h3-7H,8H2,1-2H3,(H,21,23)(H3,18,19,20,22). The fourth-order valence-corrected chi connectivity index (χ4v) is 3.12. The Labute approximate surface area is 133 Å². The van der Waals surface area contributed by atoms with Crippen molar-refractivity contribution >= 4 is 22.9 Å². The van der Waals surface area contributed by atoms with Crippen LogP contribution >= 0.6 is 0 Å². The van der Waals surface area contributed by atoms with Gasteiger partial charge in [-0.05, 0) is 23.3 Å². The molecule has 0 saturated carbocycles. The van der Waals surface area contributed by atoms with Crippen molar-refractivity contribution in [3.63, 3.8) is 0 Å². The fraction of sp³-hybridized carbons (Fsp3) is 0.235. The van der Waals surface area contributed by atoms with Gasteiger partial charge in [0.05, 0.1) is 0 Å². The van der Waals surface area contributed by atoms with Crippen LogP contribution in [0.15, 0.2) is 30.6 Å². The Balaban J connectivity index is 1.91. The Morgan fingerprint density at radius 3 is 2.91 bits per heavy atom. The van der Waals surface area contributed by atoms with Gasteiger partial charge in [-0.1, -0.05) is 19.9 Å². The molecule has 23 heavy (non-hydrogen) atoms. The average Bonchev–Trinajstić information content (AvgIpc) is 2.94.